The van der Waals surface area contributed by atoms with Crippen molar-refractivity contribution in [3.63, 3.8) is 0 Å². The monoisotopic (exact) mass is 275 g/mol. The third kappa shape index (κ3) is 2.01. The first kappa shape index (κ1) is 11.9. The van der Waals surface area contributed by atoms with Gasteiger partial charge in [-0.3, -0.25) is 13.9 Å². The van der Waals surface area contributed by atoms with Crippen molar-refractivity contribution >= 4 is 28.4 Å². The zero-order chi connectivity index (χ0) is 13.4. The molecule has 3 rings (SSSR count). The molecule has 6 nitrogen and oxygen atoms in total. The number of aromatic nitrogens is 4. The zero-order valence-corrected chi connectivity index (χ0v) is 11.5. The van der Waals surface area contributed by atoms with E-state index in [0.717, 1.165) is 16.8 Å². The summed E-state index contributed by atoms with van der Waals surface area (Å²) in [6.07, 6.45) is 6.48. The van der Waals surface area contributed by atoms with Crippen molar-refractivity contribution in [3.8, 4) is 0 Å². The molecule has 0 fully saturated rings. The molecule has 98 valence electrons. The van der Waals surface area contributed by atoms with Crippen LogP contribution in [0, 0.1) is 0 Å². The molecule has 0 saturated heterocycles. The van der Waals surface area contributed by atoms with Crippen LogP contribution in [-0.2, 0) is 13.6 Å². The number of imidazole rings is 1. The standard InChI is InChI=1S/C12H13N5OS/c1-15(6-9-5-13-16(2)7-9)11-10(8-18)17-3-4-19-12(17)14-11/h3-5,7-8H,6H2,1-2H3. The van der Waals surface area contributed by atoms with Gasteiger partial charge in [0.25, 0.3) is 0 Å². The summed E-state index contributed by atoms with van der Waals surface area (Å²) < 4.78 is 3.57. The zero-order valence-electron chi connectivity index (χ0n) is 10.6. The third-order valence-corrected chi connectivity index (χ3v) is 3.69. The van der Waals surface area contributed by atoms with E-state index in [0.29, 0.717) is 18.1 Å². The van der Waals surface area contributed by atoms with Crippen LogP contribution in [0.2, 0.25) is 0 Å². The van der Waals surface area contributed by atoms with Gasteiger partial charge in [0.05, 0.1) is 6.20 Å². The number of carbonyl (C=O) groups is 1. The molecule has 3 aromatic heterocycles. The minimum Gasteiger partial charge on any atom is -0.353 e. The number of aldehydes is 1. The fourth-order valence-electron chi connectivity index (χ4n) is 2.08. The summed E-state index contributed by atoms with van der Waals surface area (Å²) in [5.74, 6) is 0.700. The number of fused-ring (bicyclic) bond motifs is 1. The summed E-state index contributed by atoms with van der Waals surface area (Å²) in [7, 11) is 3.80. The van der Waals surface area contributed by atoms with Gasteiger partial charge in [0, 0.05) is 44.0 Å². The molecule has 0 aliphatic rings. The summed E-state index contributed by atoms with van der Waals surface area (Å²) in [6.45, 7) is 0.666. The summed E-state index contributed by atoms with van der Waals surface area (Å²) in [5.41, 5.74) is 1.67. The van der Waals surface area contributed by atoms with E-state index in [1.807, 2.05) is 47.4 Å². The Kier molecular flexibility index (Phi) is 2.83. The Morgan fingerprint density at radius 1 is 1.53 bits per heavy atom. The second-order valence-electron chi connectivity index (χ2n) is 4.37. The van der Waals surface area contributed by atoms with E-state index in [1.165, 1.54) is 11.3 Å². The summed E-state index contributed by atoms with van der Waals surface area (Å²) >= 11 is 1.52. The molecule has 7 heteroatoms. The van der Waals surface area contributed by atoms with Crippen molar-refractivity contribution in [3.05, 3.63) is 35.2 Å². The normalized spacial score (nSPS) is 11.1. The van der Waals surface area contributed by atoms with Crippen molar-refractivity contribution in [1.82, 2.24) is 19.2 Å². The number of hydrogen-bond acceptors (Lipinski definition) is 5. The van der Waals surface area contributed by atoms with Gasteiger partial charge in [0.15, 0.2) is 17.1 Å². The van der Waals surface area contributed by atoms with Crippen molar-refractivity contribution in [2.45, 2.75) is 6.54 Å². The lowest BCUT2D eigenvalue weighted by Crippen LogP contribution is -2.18. The maximum Gasteiger partial charge on any atom is 0.196 e. The average molecular weight is 275 g/mol. The molecule has 0 atom stereocenters. The number of carbonyl (C=O) groups excluding carboxylic acids is 1. The van der Waals surface area contributed by atoms with Crippen LogP contribution in [0.3, 0.4) is 0 Å². The molecular formula is C12H13N5OS. The molecule has 0 radical (unpaired) electrons. The predicted octanol–water partition coefficient (Wildman–Crippen LogP) is 1.58. The fraction of sp³-hybridized carbons (Fsp3) is 0.250. The summed E-state index contributed by atoms with van der Waals surface area (Å²) in [6, 6.07) is 0. The summed E-state index contributed by atoms with van der Waals surface area (Å²) in [5, 5.41) is 6.05. The van der Waals surface area contributed by atoms with Crippen molar-refractivity contribution in [2.24, 2.45) is 7.05 Å². The quantitative estimate of drug-likeness (QED) is 0.678. The van der Waals surface area contributed by atoms with Crippen molar-refractivity contribution < 1.29 is 4.79 Å². The molecular weight excluding hydrogens is 262 g/mol. The van der Waals surface area contributed by atoms with Gasteiger partial charge in [0.1, 0.15) is 5.69 Å². The molecule has 3 aromatic rings. The van der Waals surface area contributed by atoms with Gasteiger partial charge in [-0.15, -0.1) is 11.3 Å². The minimum absolute atomic E-state index is 0.586. The highest BCUT2D eigenvalue weighted by atomic mass is 32.1. The van der Waals surface area contributed by atoms with Gasteiger partial charge in [-0.25, -0.2) is 4.98 Å². The van der Waals surface area contributed by atoms with E-state index in [9.17, 15) is 4.79 Å². The van der Waals surface area contributed by atoms with E-state index in [4.69, 9.17) is 0 Å². The van der Waals surface area contributed by atoms with Gasteiger partial charge in [0.2, 0.25) is 0 Å². The average Bonchev–Trinajstić information content (AvgIpc) is 3.03. The first-order valence-electron chi connectivity index (χ1n) is 5.78. The molecule has 3 heterocycles. The Balaban J connectivity index is 1.94. The lowest BCUT2D eigenvalue weighted by Gasteiger charge is -2.15. The molecule has 0 spiro atoms. The number of rotatable bonds is 4. The van der Waals surface area contributed by atoms with Crippen molar-refractivity contribution in [1.29, 1.82) is 0 Å². The van der Waals surface area contributed by atoms with Crippen LogP contribution in [0.25, 0.3) is 4.96 Å². The lowest BCUT2D eigenvalue weighted by molar-refractivity contribution is 0.111. The topological polar surface area (TPSA) is 55.4 Å². The minimum atomic E-state index is 0.586. The van der Waals surface area contributed by atoms with Gasteiger partial charge < -0.3 is 4.90 Å². The molecule has 0 aliphatic carbocycles. The van der Waals surface area contributed by atoms with Gasteiger partial charge >= 0.3 is 0 Å². The van der Waals surface area contributed by atoms with E-state index in [-0.39, 0.29) is 0 Å². The smallest absolute Gasteiger partial charge is 0.196 e. The SMILES string of the molecule is CN(Cc1cnn(C)c1)c1nc2sccn2c1C=O. The molecule has 0 saturated carbocycles. The van der Waals surface area contributed by atoms with Gasteiger partial charge in [-0.2, -0.15) is 5.10 Å². The van der Waals surface area contributed by atoms with E-state index < -0.39 is 0 Å². The van der Waals surface area contributed by atoms with Gasteiger partial charge in [-0.05, 0) is 0 Å². The van der Waals surface area contributed by atoms with E-state index in [1.54, 1.807) is 4.68 Å². The largest absolute Gasteiger partial charge is 0.353 e. The first-order chi connectivity index (χ1) is 9.19. The molecule has 19 heavy (non-hydrogen) atoms. The van der Waals surface area contributed by atoms with Crippen LogP contribution in [0.5, 0.6) is 0 Å². The maximum absolute atomic E-state index is 11.3. The number of aryl methyl sites for hydroxylation is 1. The maximum atomic E-state index is 11.3. The Labute approximate surface area is 113 Å². The van der Waals surface area contributed by atoms with Crippen molar-refractivity contribution in [2.75, 3.05) is 11.9 Å². The van der Waals surface area contributed by atoms with E-state index >= 15 is 0 Å². The molecule has 0 aliphatic heterocycles. The predicted molar refractivity (Wildman–Crippen MR) is 73.8 cm³/mol. The first-order valence-corrected chi connectivity index (χ1v) is 6.66. The Morgan fingerprint density at radius 2 is 2.37 bits per heavy atom. The Morgan fingerprint density at radius 3 is 3.05 bits per heavy atom. The second kappa shape index (κ2) is 4.51. The summed E-state index contributed by atoms with van der Waals surface area (Å²) in [4.78, 5) is 18.5. The number of thiazole rings is 1. The Bertz CT molecular complexity index is 725. The highest BCUT2D eigenvalue weighted by Crippen LogP contribution is 2.23. The number of hydrogen-bond donors (Lipinski definition) is 0. The molecule has 0 bridgehead atoms. The van der Waals surface area contributed by atoms with Crippen LogP contribution < -0.4 is 4.90 Å². The highest BCUT2D eigenvalue weighted by Gasteiger charge is 2.16. The molecule has 0 N–H and O–H groups in total. The second-order valence-corrected chi connectivity index (χ2v) is 5.25. The van der Waals surface area contributed by atoms with Gasteiger partial charge in [-0.1, -0.05) is 0 Å². The molecule has 0 amide bonds. The van der Waals surface area contributed by atoms with Crippen LogP contribution in [0.4, 0.5) is 5.82 Å². The molecule has 0 unspecified atom stereocenters. The number of nitrogens with zero attached hydrogens (tertiary/aromatic N) is 5. The van der Waals surface area contributed by atoms with Crippen LogP contribution in [0.1, 0.15) is 16.1 Å². The highest BCUT2D eigenvalue weighted by molar-refractivity contribution is 7.15. The third-order valence-electron chi connectivity index (χ3n) is 2.93. The lowest BCUT2D eigenvalue weighted by atomic mass is 10.3. The Hall–Kier alpha value is -2.15. The van der Waals surface area contributed by atoms with E-state index in [2.05, 4.69) is 10.1 Å². The van der Waals surface area contributed by atoms with Crippen LogP contribution in [-0.4, -0.2) is 32.5 Å². The van der Waals surface area contributed by atoms with Crippen LogP contribution in [0.15, 0.2) is 24.0 Å². The number of anilines is 1. The van der Waals surface area contributed by atoms with Crippen LogP contribution >= 0.6 is 11.3 Å². The fourth-order valence-corrected chi connectivity index (χ4v) is 2.80. The molecule has 0 aromatic carbocycles.